The van der Waals surface area contributed by atoms with Crippen molar-refractivity contribution < 1.29 is 18.8 Å². The first-order valence-electron chi connectivity index (χ1n) is 7.23. The van der Waals surface area contributed by atoms with Crippen LogP contribution in [-0.2, 0) is 10.8 Å². The van der Waals surface area contributed by atoms with Crippen molar-refractivity contribution >= 4 is 16.4 Å². The normalized spacial score (nSPS) is 12.3. The van der Waals surface area contributed by atoms with Gasteiger partial charge in [-0.25, -0.2) is 9.97 Å². The van der Waals surface area contributed by atoms with E-state index in [1.54, 1.807) is 42.3 Å². The molecule has 24 heavy (non-hydrogen) atoms. The molecule has 126 valence electrons. The minimum Gasteiger partial charge on any atom is -0.496 e. The van der Waals surface area contributed by atoms with Crippen LogP contribution in [0.15, 0.2) is 41.7 Å². The number of aromatic nitrogens is 3. The molecule has 3 rings (SSSR count). The molecule has 1 aromatic carbocycles. The van der Waals surface area contributed by atoms with Gasteiger partial charge in [0.15, 0.2) is 0 Å². The third kappa shape index (κ3) is 3.10. The summed E-state index contributed by atoms with van der Waals surface area (Å²) < 4.78 is 24.3. The topological polar surface area (TPSA) is 86.0 Å². The van der Waals surface area contributed by atoms with Crippen molar-refractivity contribution in [2.45, 2.75) is 4.90 Å². The molecule has 1 N–H and O–H groups in total. The number of benzene rings is 1. The molecule has 1 unspecified atom stereocenters. The van der Waals surface area contributed by atoms with Crippen molar-refractivity contribution in [3.63, 3.8) is 0 Å². The molecule has 0 saturated carbocycles. The molecule has 0 saturated heterocycles. The van der Waals surface area contributed by atoms with Gasteiger partial charge in [-0.2, -0.15) is 0 Å². The van der Waals surface area contributed by atoms with Gasteiger partial charge in [-0.15, -0.1) is 0 Å². The highest BCUT2D eigenvalue weighted by molar-refractivity contribution is 7.84. The summed E-state index contributed by atoms with van der Waals surface area (Å²) in [7, 11) is 0.477. The fourth-order valence-electron chi connectivity index (χ4n) is 2.33. The maximum absolute atomic E-state index is 11.6. The number of methoxy groups -OCH3 is 1. The lowest BCUT2D eigenvalue weighted by molar-refractivity contribution is 0.197. The van der Waals surface area contributed by atoms with Gasteiger partial charge in [0.1, 0.15) is 12.4 Å². The van der Waals surface area contributed by atoms with E-state index in [0.717, 1.165) is 5.56 Å². The molecule has 3 aromatic rings. The maximum atomic E-state index is 11.6. The Kier molecular flexibility index (Phi) is 4.77. The number of rotatable bonds is 6. The minimum absolute atomic E-state index is 0.0975. The van der Waals surface area contributed by atoms with Gasteiger partial charge in [-0.3, -0.25) is 4.21 Å². The van der Waals surface area contributed by atoms with Crippen molar-refractivity contribution in [1.82, 2.24) is 14.4 Å². The smallest absolute Gasteiger partial charge is 0.258 e. The van der Waals surface area contributed by atoms with Gasteiger partial charge in [0, 0.05) is 46.1 Å². The Morgan fingerprint density at radius 3 is 2.92 bits per heavy atom. The van der Waals surface area contributed by atoms with Crippen LogP contribution in [-0.4, -0.2) is 50.3 Å². The van der Waals surface area contributed by atoms with Crippen LogP contribution >= 0.6 is 0 Å². The number of hydrogen-bond donors (Lipinski definition) is 1. The zero-order valence-electron chi connectivity index (χ0n) is 13.3. The molecule has 0 amide bonds. The molecule has 7 nitrogen and oxygen atoms in total. The first-order chi connectivity index (χ1) is 11.6. The van der Waals surface area contributed by atoms with Crippen molar-refractivity contribution in [3.05, 3.63) is 36.8 Å². The monoisotopic (exact) mass is 347 g/mol. The Morgan fingerprint density at radius 2 is 2.21 bits per heavy atom. The second kappa shape index (κ2) is 6.98. The third-order valence-electron chi connectivity index (χ3n) is 3.45. The lowest BCUT2D eigenvalue weighted by atomic mass is 10.1. The van der Waals surface area contributed by atoms with Crippen LogP contribution in [0.3, 0.4) is 0 Å². The van der Waals surface area contributed by atoms with Crippen LogP contribution in [0.5, 0.6) is 11.6 Å². The maximum Gasteiger partial charge on any atom is 0.258 e. The van der Waals surface area contributed by atoms with Crippen molar-refractivity contribution in [3.8, 4) is 22.9 Å². The Hall–Kier alpha value is -2.45. The van der Waals surface area contributed by atoms with Crippen LogP contribution in [0.4, 0.5) is 0 Å². The number of hydrogen-bond acceptors (Lipinski definition) is 6. The lowest BCUT2D eigenvalue weighted by Gasteiger charge is -2.07. The van der Waals surface area contributed by atoms with E-state index >= 15 is 0 Å². The quantitative estimate of drug-likeness (QED) is 0.727. The van der Waals surface area contributed by atoms with Crippen molar-refractivity contribution in [1.29, 1.82) is 0 Å². The summed E-state index contributed by atoms with van der Waals surface area (Å²) in [4.78, 5) is 9.39. The van der Waals surface area contributed by atoms with Crippen molar-refractivity contribution in [2.24, 2.45) is 0 Å². The van der Waals surface area contributed by atoms with E-state index in [-0.39, 0.29) is 13.2 Å². The zero-order chi connectivity index (χ0) is 17.1. The number of imidazole rings is 1. The second-order valence-corrected chi connectivity index (χ2v) is 6.36. The molecule has 0 aliphatic rings. The first kappa shape index (κ1) is 16.4. The molecule has 0 aliphatic heterocycles. The highest BCUT2D eigenvalue weighted by atomic mass is 32.2. The molecule has 0 radical (unpaired) electrons. The van der Waals surface area contributed by atoms with Gasteiger partial charge in [0.25, 0.3) is 5.88 Å². The lowest BCUT2D eigenvalue weighted by Crippen LogP contribution is -2.04. The summed E-state index contributed by atoms with van der Waals surface area (Å²) in [5.41, 5.74) is 2.01. The Balaban J connectivity index is 2.08. The van der Waals surface area contributed by atoms with Gasteiger partial charge < -0.3 is 19.0 Å². The van der Waals surface area contributed by atoms with Gasteiger partial charge in [-0.1, -0.05) is 0 Å². The predicted molar refractivity (Wildman–Crippen MR) is 89.9 cm³/mol. The van der Waals surface area contributed by atoms with Gasteiger partial charge in [0.2, 0.25) is 5.65 Å². The number of ether oxygens (including phenoxy) is 2. The molecule has 0 bridgehead atoms. The second-order valence-electron chi connectivity index (χ2n) is 4.98. The van der Waals surface area contributed by atoms with E-state index in [9.17, 15) is 4.21 Å². The molecule has 8 heteroatoms. The number of fused-ring (bicyclic) bond motifs is 1. The van der Waals surface area contributed by atoms with Gasteiger partial charge in [0.05, 0.1) is 19.4 Å². The van der Waals surface area contributed by atoms with E-state index < -0.39 is 10.8 Å². The minimum atomic E-state index is -1.09. The standard InChI is InChI=1S/C16H17N3O4S/c1-22-14-9-11(24(2)21)3-4-12(14)13-10-19-6-5-17-16(15(19)18-13)23-8-7-20/h3-6,9-10,20H,7-8H2,1-2H3. The van der Waals surface area contributed by atoms with Crippen molar-refractivity contribution in [2.75, 3.05) is 26.6 Å². The molecular weight excluding hydrogens is 330 g/mol. The molecule has 0 aliphatic carbocycles. The van der Waals surface area contributed by atoms with Crippen LogP contribution in [0.2, 0.25) is 0 Å². The summed E-state index contributed by atoms with van der Waals surface area (Å²) in [6.45, 7) is 0.0505. The number of nitrogens with zero attached hydrogens (tertiary/aromatic N) is 3. The van der Waals surface area contributed by atoms with E-state index in [2.05, 4.69) is 9.97 Å². The van der Waals surface area contributed by atoms with Gasteiger partial charge >= 0.3 is 0 Å². The molecule has 2 heterocycles. The molecule has 1 atom stereocenters. The largest absolute Gasteiger partial charge is 0.496 e. The summed E-state index contributed by atoms with van der Waals surface area (Å²) in [5.74, 6) is 0.944. The Bertz CT molecular complexity index is 894. The Labute approximate surface area is 141 Å². The number of aliphatic hydroxyl groups is 1. The fourth-order valence-corrected chi connectivity index (χ4v) is 2.86. The molecule has 0 fully saturated rings. The highest BCUT2D eigenvalue weighted by Crippen LogP contribution is 2.32. The van der Waals surface area contributed by atoms with Gasteiger partial charge in [-0.05, 0) is 18.2 Å². The van der Waals surface area contributed by atoms with E-state index in [0.29, 0.717) is 27.9 Å². The molecular formula is C16H17N3O4S. The summed E-state index contributed by atoms with van der Waals surface area (Å²) >= 11 is 0. The average molecular weight is 347 g/mol. The van der Waals surface area contributed by atoms with Crippen LogP contribution in [0, 0.1) is 0 Å². The van der Waals surface area contributed by atoms with E-state index in [4.69, 9.17) is 14.6 Å². The highest BCUT2D eigenvalue weighted by Gasteiger charge is 2.14. The fraction of sp³-hybridized carbons (Fsp3) is 0.250. The first-order valence-corrected chi connectivity index (χ1v) is 8.79. The van der Waals surface area contributed by atoms with Crippen LogP contribution in [0.25, 0.3) is 16.9 Å². The predicted octanol–water partition coefficient (Wildman–Crippen LogP) is 1.51. The Morgan fingerprint density at radius 1 is 1.38 bits per heavy atom. The average Bonchev–Trinajstić information content (AvgIpc) is 3.03. The summed E-state index contributed by atoms with van der Waals surface area (Å²) in [6.07, 6.45) is 6.82. The van der Waals surface area contributed by atoms with E-state index in [1.165, 1.54) is 0 Å². The zero-order valence-corrected chi connectivity index (χ0v) is 14.1. The summed E-state index contributed by atoms with van der Waals surface area (Å²) in [6, 6.07) is 5.37. The third-order valence-corrected chi connectivity index (χ3v) is 4.37. The summed E-state index contributed by atoms with van der Waals surface area (Å²) in [5, 5.41) is 8.90. The number of aliphatic hydroxyl groups excluding tert-OH is 1. The van der Waals surface area contributed by atoms with E-state index in [1.807, 2.05) is 12.3 Å². The molecule has 0 spiro atoms. The van der Waals surface area contributed by atoms with Crippen LogP contribution in [0.1, 0.15) is 0 Å². The SMILES string of the molecule is COc1cc(S(C)=O)ccc1-c1cn2ccnc(OCCO)c2n1. The van der Waals surface area contributed by atoms with Crippen LogP contribution < -0.4 is 9.47 Å². The molecule has 2 aromatic heterocycles.